The number of carboxylic acids is 1. The summed E-state index contributed by atoms with van der Waals surface area (Å²) in [6.45, 7) is 4.44. The minimum absolute atomic E-state index is 0.0710. The Morgan fingerprint density at radius 1 is 1.18 bits per heavy atom. The Morgan fingerprint density at radius 2 is 1.91 bits per heavy atom. The number of hydrogen-bond acceptors (Lipinski definition) is 6. The normalized spacial score (nSPS) is 16.4. The summed E-state index contributed by atoms with van der Waals surface area (Å²) in [6, 6.07) is 6.76. The second kappa shape index (κ2) is 13.9. The molecule has 1 aromatic rings. The van der Waals surface area contributed by atoms with Gasteiger partial charge in [0.25, 0.3) is 0 Å². The predicted octanol–water partition coefficient (Wildman–Crippen LogP) is 4.10. The summed E-state index contributed by atoms with van der Waals surface area (Å²) in [4.78, 5) is 37.4. The molecule has 0 spiro atoms. The molecule has 1 aliphatic rings. The van der Waals surface area contributed by atoms with Crippen molar-refractivity contribution in [2.45, 2.75) is 77.9 Å². The Hall–Kier alpha value is -2.61. The number of ether oxygens (including phenoxy) is 3. The first-order valence-corrected chi connectivity index (χ1v) is 12.2. The van der Waals surface area contributed by atoms with Crippen LogP contribution in [-0.4, -0.2) is 49.3 Å². The average Bonchev–Trinajstić information content (AvgIpc) is 3.28. The molecule has 2 atom stereocenters. The van der Waals surface area contributed by atoms with Crippen LogP contribution in [0.25, 0.3) is 0 Å². The molecule has 190 valence electrons. The molecule has 0 bridgehead atoms. The molecule has 1 aromatic carbocycles. The Balaban J connectivity index is 2.06. The SMILES string of the molecule is CCC[C@H](CC1(C(=O)N[C@H](COCc2cccc(OC)c2)CC(=O)O)CCCC1)C(=O)OCC. The van der Waals surface area contributed by atoms with Crippen LogP contribution in [0.4, 0.5) is 0 Å². The largest absolute Gasteiger partial charge is 0.497 e. The highest BCUT2D eigenvalue weighted by atomic mass is 16.5. The molecule has 0 saturated heterocycles. The molecule has 1 fully saturated rings. The third-order valence-electron chi connectivity index (χ3n) is 6.41. The van der Waals surface area contributed by atoms with Crippen molar-refractivity contribution in [3.8, 4) is 5.75 Å². The molecule has 1 amide bonds. The van der Waals surface area contributed by atoms with Gasteiger partial charge in [-0.3, -0.25) is 14.4 Å². The number of carbonyl (C=O) groups excluding carboxylic acids is 2. The van der Waals surface area contributed by atoms with Gasteiger partial charge in [-0.25, -0.2) is 0 Å². The summed E-state index contributed by atoms with van der Waals surface area (Å²) in [6.07, 6.45) is 4.85. The minimum atomic E-state index is -1.01. The fourth-order valence-electron chi connectivity index (χ4n) is 4.74. The van der Waals surface area contributed by atoms with E-state index in [0.29, 0.717) is 38.0 Å². The van der Waals surface area contributed by atoms with Crippen molar-refractivity contribution in [3.63, 3.8) is 0 Å². The number of carbonyl (C=O) groups is 3. The molecular formula is C26H39NO7. The second-order valence-electron chi connectivity index (χ2n) is 9.06. The van der Waals surface area contributed by atoms with Crippen LogP contribution in [0.15, 0.2) is 24.3 Å². The lowest BCUT2D eigenvalue weighted by molar-refractivity contribution is -0.150. The maximum Gasteiger partial charge on any atom is 0.308 e. The van der Waals surface area contributed by atoms with E-state index in [4.69, 9.17) is 14.2 Å². The molecule has 1 aliphatic carbocycles. The highest BCUT2D eigenvalue weighted by molar-refractivity contribution is 5.85. The highest BCUT2D eigenvalue weighted by Gasteiger charge is 2.44. The Kier molecular flexibility index (Phi) is 11.3. The van der Waals surface area contributed by atoms with Gasteiger partial charge in [-0.15, -0.1) is 0 Å². The van der Waals surface area contributed by atoms with Crippen molar-refractivity contribution in [1.82, 2.24) is 5.32 Å². The number of aliphatic carboxylic acids is 1. The minimum Gasteiger partial charge on any atom is -0.497 e. The van der Waals surface area contributed by atoms with Crippen LogP contribution in [-0.2, 0) is 30.5 Å². The van der Waals surface area contributed by atoms with Gasteiger partial charge in [0.05, 0.1) is 50.7 Å². The van der Waals surface area contributed by atoms with E-state index < -0.39 is 17.4 Å². The van der Waals surface area contributed by atoms with Crippen LogP contribution in [0.2, 0.25) is 0 Å². The zero-order chi connectivity index (χ0) is 25.0. The fourth-order valence-corrected chi connectivity index (χ4v) is 4.74. The number of nitrogens with one attached hydrogen (secondary N) is 1. The number of methoxy groups -OCH3 is 1. The zero-order valence-corrected chi connectivity index (χ0v) is 20.6. The van der Waals surface area contributed by atoms with Gasteiger partial charge in [0.15, 0.2) is 0 Å². The van der Waals surface area contributed by atoms with Gasteiger partial charge in [0, 0.05) is 0 Å². The summed E-state index contributed by atoms with van der Waals surface area (Å²) >= 11 is 0. The Morgan fingerprint density at radius 3 is 2.53 bits per heavy atom. The van der Waals surface area contributed by atoms with Crippen molar-refractivity contribution in [2.24, 2.45) is 11.3 Å². The first kappa shape index (κ1) is 27.6. The lowest BCUT2D eigenvalue weighted by atomic mass is 9.75. The summed E-state index contributed by atoms with van der Waals surface area (Å²) in [5.74, 6) is -1.08. The molecule has 0 unspecified atom stereocenters. The van der Waals surface area contributed by atoms with E-state index >= 15 is 0 Å². The summed E-state index contributed by atoms with van der Waals surface area (Å²) in [7, 11) is 1.59. The molecule has 8 heteroatoms. The van der Waals surface area contributed by atoms with Crippen molar-refractivity contribution in [2.75, 3.05) is 20.3 Å². The Bertz CT molecular complexity index is 804. The van der Waals surface area contributed by atoms with Crippen molar-refractivity contribution < 1.29 is 33.7 Å². The van der Waals surface area contributed by atoms with E-state index in [0.717, 1.165) is 24.8 Å². The van der Waals surface area contributed by atoms with E-state index in [9.17, 15) is 19.5 Å². The molecular weight excluding hydrogens is 438 g/mol. The van der Waals surface area contributed by atoms with E-state index in [-0.39, 0.29) is 37.4 Å². The van der Waals surface area contributed by atoms with Gasteiger partial charge in [0.1, 0.15) is 5.75 Å². The first-order valence-electron chi connectivity index (χ1n) is 12.2. The van der Waals surface area contributed by atoms with Gasteiger partial charge < -0.3 is 24.6 Å². The van der Waals surface area contributed by atoms with Crippen LogP contribution in [0.1, 0.15) is 70.8 Å². The second-order valence-corrected chi connectivity index (χ2v) is 9.06. The third kappa shape index (κ3) is 8.31. The molecule has 0 heterocycles. The number of amides is 1. The molecule has 2 N–H and O–H groups in total. The lowest BCUT2D eigenvalue weighted by Crippen LogP contribution is -2.48. The fraction of sp³-hybridized carbons (Fsp3) is 0.654. The number of rotatable bonds is 15. The molecule has 1 saturated carbocycles. The number of hydrogen-bond donors (Lipinski definition) is 2. The van der Waals surface area contributed by atoms with Crippen molar-refractivity contribution in [3.05, 3.63) is 29.8 Å². The maximum atomic E-state index is 13.5. The molecule has 0 aliphatic heterocycles. The first-order chi connectivity index (χ1) is 16.3. The number of carboxylic acid groups (broad SMARTS) is 1. The molecule has 34 heavy (non-hydrogen) atoms. The van der Waals surface area contributed by atoms with E-state index in [1.807, 2.05) is 31.2 Å². The van der Waals surface area contributed by atoms with E-state index in [1.165, 1.54) is 0 Å². The van der Waals surface area contributed by atoms with Crippen LogP contribution < -0.4 is 10.1 Å². The van der Waals surface area contributed by atoms with Crippen molar-refractivity contribution in [1.29, 1.82) is 0 Å². The predicted molar refractivity (Wildman–Crippen MR) is 127 cm³/mol. The standard InChI is InChI=1S/C26H39NO7/c1-4-9-20(24(30)34-5-2)16-26(12-6-7-13-26)25(31)27-21(15-23(28)29)18-33-17-19-10-8-11-22(14-19)32-3/h8,10-11,14,20-21H,4-7,9,12-13,15-18H2,1-3H3,(H,27,31)(H,28,29)/t20-,21+/m1/s1. The molecule has 8 nitrogen and oxygen atoms in total. The average molecular weight is 478 g/mol. The number of benzene rings is 1. The maximum absolute atomic E-state index is 13.5. The summed E-state index contributed by atoms with van der Waals surface area (Å²) < 4.78 is 16.2. The quantitative estimate of drug-likeness (QED) is 0.366. The summed E-state index contributed by atoms with van der Waals surface area (Å²) in [5, 5.41) is 12.3. The van der Waals surface area contributed by atoms with Gasteiger partial charge in [-0.2, -0.15) is 0 Å². The van der Waals surface area contributed by atoms with Crippen LogP contribution in [0, 0.1) is 11.3 Å². The van der Waals surface area contributed by atoms with Crippen LogP contribution in [0.3, 0.4) is 0 Å². The van der Waals surface area contributed by atoms with Gasteiger partial charge >= 0.3 is 11.9 Å². The van der Waals surface area contributed by atoms with E-state index in [2.05, 4.69) is 5.32 Å². The zero-order valence-electron chi connectivity index (χ0n) is 20.6. The smallest absolute Gasteiger partial charge is 0.308 e. The monoisotopic (exact) mass is 477 g/mol. The summed E-state index contributed by atoms with van der Waals surface area (Å²) in [5.41, 5.74) is 0.208. The highest BCUT2D eigenvalue weighted by Crippen LogP contribution is 2.44. The van der Waals surface area contributed by atoms with Crippen LogP contribution >= 0.6 is 0 Å². The van der Waals surface area contributed by atoms with Gasteiger partial charge in [-0.05, 0) is 50.3 Å². The van der Waals surface area contributed by atoms with Crippen LogP contribution in [0.5, 0.6) is 5.75 Å². The molecule has 0 aromatic heterocycles. The molecule has 0 radical (unpaired) electrons. The van der Waals surface area contributed by atoms with Gasteiger partial charge in [-0.1, -0.05) is 38.3 Å². The van der Waals surface area contributed by atoms with Gasteiger partial charge in [0.2, 0.25) is 5.91 Å². The third-order valence-corrected chi connectivity index (χ3v) is 6.41. The lowest BCUT2D eigenvalue weighted by Gasteiger charge is -2.32. The molecule has 2 rings (SSSR count). The Labute approximate surface area is 202 Å². The van der Waals surface area contributed by atoms with E-state index in [1.54, 1.807) is 14.0 Å². The topological polar surface area (TPSA) is 111 Å². The van der Waals surface area contributed by atoms with Crippen molar-refractivity contribution >= 4 is 17.8 Å². The number of esters is 1.